The molecule has 8 heteroatoms. The summed E-state index contributed by atoms with van der Waals surface area (Å²) in [4.78, 5) is 0. The van der Waals surface area contributed by atoms with Crippen LogP contribution in [0.2, 0.25) is 0 Å². The predicted molar refractivity (Wildman–Crippen MR) is 103 cm³/mol. The first kappa shape index (κ1) is 21.1. The van der Waals surface area contributed by atoms with Crippen molar-refractivity contribution in [3.8, 4) is 11.5 Å². The molecule has 2 aromatic carbocycles. The van der Waals surface area contributed by atoms with E-state index in [1.54, 1.807) is 0 Å². The molecule has 2 rings (SSSR count). The van der Waals surface area contributed by atoms with E-state index in [0.29, 0.717) is 11.5 Å². The molecular formula is C19H28N4O4. The van der Waals surface area contributed by atoms with E-state index >= 15 is 0 Å². The van der Waals surface area contributed by atoms with Crippen LogP contribution in [-0.2, 0) is 6.42 Å². The van der Waals surface area contributed by atoms with Gasteiger partial charge in [0.25, 0.3) is 0 Å². The molecule has 27 heavy (non-hydrogen) atoms. The lowest BCUT2D eigenvalue weighted by Crippen LogP contribution is -2.35. The van der Waals surface area contributed by atoms with Crippen LogP contribution in [0.1, 0.15) is 11.1 Å². The van der Waals surface area contributed by atoms with Gasteiger partial charge in [0, 0.05) is 13.1 Å². The maximum Gasteiger partial charge on any atom is 0.119 e. The summed E-state index contributed by atoms with van der Waals surface area (Å²) in [7, 11) is 0. The zero-order chi connectivity index (χ0) is 19.5. The maximum atomic E-state index is 9.58. The molecule has 0 fully saturated rings. The molecule has 0 saturated carbocycles. The standard InChI is InChI=1S/C19H28N4O4/c20-22-10-16(24)12-26-18-5-1-14(2-6-18)9-15-3-7-19(8-4-15)27-13-17(25)11-23-21/h1-8,16-17,22-25H,9-13,20-21H2. The van der Waals surface area contributed by atoms with Crippen molar-refractivity contribution in [2.24, 2.45) is 11.7 Å². The van der Waals surface area contributed by atoms with Gasteiger partial charge in [0.1, 0.15) is 36.9 Å². The van der Waals surface area contributed by atoms with E-state index in [4.69, 9.17) is 21.2 Å². The Morgan fingerprint density at radius 1 is 0.704 bits per heavy atom. The van der Waals surface area contributed by atoms with E-state index in [1.165, 1.54) is 0 Å². The van der Waals surface area contributed by atoms with Crippen LogP contribution in [-0.4, -0.2) is 48.7 Å². The summed E-state index contributed by atoms with van der Waals surface area (Å²) >= 11 is 0. The summed E-state index contributed by atoms with van der Waals surface area (Å²) in [6.07, 6.45) is -0.522. The Labute approximate surface area is 159 Å². The van der Waals surface area contributed by atoms with E-state index in [-0.39, 0.29) is 26.3 Å². The number of aliphatic hydroxyl groups excluding tert-OH is 2. The molecule has 0 amide bonds. The Morgan fingerprint density at radius 2 is 1.07 bits per heavy atom. The van der Waals surface area contributed by atoms with Crippen LogP contribution >= 0.6 is 0 Å². The van der Waals surface area contributed by atoms with E-state index < -0.39 is 12.2 Å². The van der Waals surface area contributed by atoms with Gasteiger partial charge in [-0.3, -0.25) is 22.5 Å². The van der Waals surface area contributed by atoms with Crippen LogP contribution in [0.15, 0.2) is 48.5 Å². The number of rotatable bonds is 12. The van der Waals surface area contributed by atoms with Gasteiger partial charge in [0.05, 0.1) is 0 Å². The van der Waals surface area contributed by atoms with Crippen LogP contribution in [0.25, 0.3) is 0 Å². The zero-order valence-electron chi connectivity index (χ0n) is 15.2. The van der Waals surface area contributed by atoms with E-state index in [1.807, 2.05) is 48.5 Å². The highest BCUT2D eigenvalue weighted by Gasteiger charge is 2.05. The lowest BCUT2D eigenvalue weighted by atomic mass is 10.0. The smallest absolute Gasteiger partial charge is 0.119 e. The number of nitrogens with one attached hydrogen (secondary N) is 2. The molecule has 8 nitrogen and oxygen atoms in total. The van der Waals surface area contributed by atoms with Gasteiger partial charge < -0.3 is 19.7 Å². The molecule has 0 spiro atoms. The second-order valence-electron chi connectivity index (χ2n) is 6.21. The molecule has 0 radical (unpaired) electrons. The van der Waals surface area contributed by atoms with Gasteiger partial charge in [-0.25, -0.2) is 0 Å². The average molecular weight is 376 g/mol. The summed E-state index contributed by atoms with van der Waals surface area (Å²) in [5.41, 5.74) is 7.09. The molecular weight excluding hydrogens is 348 g/mol. The highest BCUT2D eigenvalue weighted by atomic mass is 16.5. The zero-order valence-corrected chi connectivity index (χ0v) is 15.2. The minimum atomic E-state index is -0.650. The Hall–Kier alpha value is -2.20. The van der Waals surface area contributed by atoms with Crippen molar-refractivity contribution in [1.82, 2.24) is 10.9 Å². The number of hydrogen-bond donors (Lipinski definition) is 6. The maximum absolute atomic E-state index is 9.58. The first-order valence-corrected chi connectivity index (χ1v) is 8.77. The second-order valence-corrected chi connectivity index (χ2v) is 6.21. The molecule has 0 heterocycles. The fourth-order valence-electron chi connectivity index (χ4n) is 2.42. The largest absolute Gasteiger partial charge is 0.491 e. The number of ether oxygens (including phenoxy) is 2. The number of aliphatic hydroxyl groups is 2. The van der Waals surface area contributed by atoms with Crippen LogP contribution in [0, 0.1) is 0 Å². The summed E-state index contributed by atoms with van der Waals surface area (Å²) in [5, 5.41) is 19.2. The number of nitrogens with two attached hydrogens (primary N) is 2. The molecule has 2 unspecified atom stereocenters. The summed E-state index contributed by atoms with van der Waals surface area (Å²) in [6.45, 7) is 0.920. The summed E-state index contributed by atoms with van der Waals surface area (Å²) in [5.74, 6) is 11.7. The van der Waals surface area contributed by atoms with Gasteiger partial charge in [0.2, 0.25) is 0 Å². The molecule has 148 valence electrons. The number of hydrogen-bond acceptors (Lipinski definition) is 8. The average Bonchev–Trinajstić information content (AvgIpc) is 2.67. The lowest BCUT2D eigenvalue weighted by molar-refractivity contribution is 0.106. The quantitative estimate of drug-likeness (QED) is 0.219. The Bertz CT molecular complexity index is 594. The van der Waals surface area contributed by atoms with Gasteiger partial charge in [-0.1, -0.05) is 24.3 Å². The van der Waals surface area contributed by atoms with Crippen molar-refractivity contribution in [2.45, 2.75) is 18.6 Å². The highest BCUT2D eigenvalue weighted by Crippen LogP contribution is 2.18. The van der Waals surface area contributed by atoms with Crippen molar-refractivity contribution in [1.29, 1.82) is 0 Å². The highest BCUT2D eigenvalue weighted by molar-refractivity contribution is 5.34. The third-order valence-corrected chi connectivity index (χ3v) is 3.85. The fraction of sp³-hybridized carbons (Fsp3) is 0.368. The van der Waals surface area contributed by atoms with Gasteiger partial charge in [0.15, 0.2) is 0 Å². The van der Waals surface area contributed by atoms with Crippen molar-refractivity contribution in [3.05, 3.63) is 59.7 Å². The Kier molecular flexibility index (Phi) is 8.99. The monoisotopic (exact) mass is 376 g/mol. The lowest BCUT2D eigenvalue weighted by Gasteiger charge is -2.12. The van der Waals surface area contributed by atoms with E-state index in [9.17, 15) is 10.2 Å². The molecule has 0 saturated heterocycles. The second kappa shape index (κ2) is 11.5. The van der Waals surface area contributed by atoms with Crippen molar-refractivity contribution < 1.29 is 19.7 Å². The minimum absolute atomic E-state index is 0.182. The normalized spacial score (nSPS) is 13.2. The van der Waals surface area contributed by atoms with Gasteiger partial charge in [-0.05, 0) is 41.8 Å². The number of hydrazine groups is 2. The minimum Gasteiger partial charge on any atom is -0.491 e. The third kappa shape index (κ3) is 7.92. The first-order valence-electron chi connectivity index (χ1n) is 8.77. The first-order chi connectivity index (χ1) is 13.1. The molecule has 2 atom stereocenters. The third-order valence-electron chi connectivity index (χ3n) is 3.85. The molecule has 0 aliphatic heterocycles. The summed E-state index contributed by atoms with van der Waals surface area (Å²) in [6, 6.07) is 15.5. The molecule has 0 aliphatic rings. The molecule has 0 bridgehead atoms. The SMILES string of the molecule is NNCC(O)COc1ccc(Cc2ccc(OCC(O)CNN)cc2)cc1. The topological polar surface area (TPSA) is 135 Å². The van der Waals surface area contributed by atoms with Crippen LogP contribution in [0.4, 0.5) is 0 Å². The van der Waals surface area contributed by atoms with Crippen molar-refractivity contribution in [3.63, 3.8) is 0 Å². The molecule has 2 aromatic rings. The fourth-order valence-corrected chi connectivity index (χ4v) is 2.42. The van der Waals surface area contributed by atoms with E-state index in [0.717, 1.165) is 17.5 Å². The number of benzene rings is 2. The predicted octanol–water partition coefficient (Wildman–Crippen LogP) is -0.317. The molecule has 8 N–H and O–H groups in total. The van der Waals surface area contributed by atoms with Gasteiger partial charge >= 0.3 is 0 Å². The van der Waals surface area contributed by atoms with Gasteiger partial charge in [-0.2, -0.15) is 0 Å². The van der Waals surface area contributed by atoms with Gasteiger partial charge in [-0.15, -0.1) is 0 Å². The van der Waals surface area contributed by atoms with Crippen LogP contribution < -0.4 is 32.0 Å². The summed E-state index contributed by atoms with van der Waals surface area (Å²) < 4.78 is 11.0. The van der Waals surface area contributed by atoms with Crippen LogP contribution in [0.5, 0.6) is 11.5 Å². The Balaban J connectivity index is 1.80. The van der Waals surface area contributed by atoms with E-state index in [2.05, 4.69) is 10.9 Å². The molecule has 0 aromatic heterocycles. The van der Waals surface area contributed by atoms with Crippen molar-refractivity contribution >= 4 is 0 Å². The van der Waals surface area contributed by atoms with Crippen molar-refractivity contribution in [2.75, 3.05) is 26.3 Å². The molecule has 0 aliphatic carbocycles. The Morgan fingerprint density at radius 3 is 1.41 bits per heavy atom. The van der Waals surface area contributed by atoms with Crippen LogP contribution in [0.3, 0.4) is 0 Å².